The molecule has 1 aromatic carbocycles. The lowest BCUT2D eigenvalue weighted by atomic mass is 10.2. The summed E-state index contributed by atoms with van der Waals surface area (Å²) in [5, 5.41) is 13.4. The monoisotopic (exact) mass is 318 g/mol. The normalized spacial score (nSPS) is 11.2. The van der Waals surface area contributed by atoms with E-state index in [1.165, 1.54) is 12.3 Å². The van der Waals surface area contributed by atoms with Gasteiger partial charge in [0.1, 0.15) is 0 Å². The predicted molar refractivity (Wildman–Crippen MR) is 83.7 cm³/mol. The molecule has 114 valence electrons. The minimum Gasteiger partial charge on any atom is -0.333 e. The van der Waals surface area contributed by atoms with E-state index >= 15 is 0 Å². The number of nitro groups is 1. The summed E-state index contributed by atoms with van der Waals surface area (Å²) in [6, 6.07) is 8.89. The highest BCUT2D eigenvalue weighted by Gasteiger charge is 2.13. The fraction of sp³-hybridized carbons (Fsp3) is 0.143. The van der Waals surface area contributed by atoms with Crippen LogP contribution in [-0.2, 0) is 6.54 Å². The summed E-state index contributed by atoms with van der Waals surface area (Å²) < 4.78 is 1.59. The lowest BCUT2D eigenvalue weighted by Gasteiger charge is -2.02. The molecule has 22 heavy (non-hydrogen) atoms. The van der Waals surface area contributed by atoms with Gasteiger partial charge in [0.25, 0.3) is 0 Å². The Labute approximate surface area is 130 Å². The number of carbonyl (C=O) groups is 1. The third kappa shape index (κ3) is 4.13. The summed E-state index contributed by atoms with van der Waals surface area (Å²) in [4.78, 5) is 26.2. The molecule has 2 amide bonds. The largest absolute Gasteiger partial charge is 0.343 e. The van der Waals surface area contributed by atoms with Gasteiger partial charge in [-0.05, 0) is 16.9 Å². The molecule has 0 aliphatic heterocycles. The van der Waals surface area contributed by atoms with E-state index in [2.05, 4.69) is 16.9 Å². The smallest absolute Gasteiger partial charge is 0.333 e. The minimum absolute atomic E-state index is 0.0637. The third-order valence-corrected chi connectivity index (χ3v) is 3.65. The van der Waals surface area contributed by atoms with Crippen molar-refractivity contribution >= 4 is 22.4 Å². The molecule has 0 aliphatic rings. The molecule has 0 aliphatic carbocycles. The van der Waals surface area contributed by atoms with Crippen molar-refractivity contribution in [2.45, 2.75) is 6.54 Å². The fourth-order valence-corrected chi connectivity index (χ4v) is 2.52. The van der Waals surface area contributed by atoms with Crippen molar-refractivity contribution in [3.8, 4) is 0 Å². The molecule has 1 aromatic heterocycles. The quantitative estimate of drug-likeness (QED) is 0.521. The Hall–Kier alpha value is -2.74. The summed E-state index contributed by atoms with van der Waals surface area (Å²) >= 11 is 0.859. The van der Waals surface area contributed by atoms with Gasteiger partial charge in [-0.2, -0.15) is 4.99 Å². The molecule has 0 fully saturated rings. The second kappa shape index (κ2) is 7.32. The van der Waals surface area contributed by atoms with Crippen molar-refractivity contribution < 1.29 is 9.72 Å². The number of hydrogen-bond donors (Lipinski definition) is 1. The Bertz CT molecular complexity index is 749. The molecule has 0 saturated heterocycles. The Morgan fingerprint density at radius 1 is 1.45 bits per heavy atom. The van der Waals surface area contributed by atoms with Gasteiger partial charge in [-0.3, -0.25) is 10.1 Å². The van der Waals surface area contributed by atoms with Crippen molar-refractivity contribution in [3.05, 3.63) is 69.7 Å². The number of rotatable bonds is 5. The summed E-state index contributed by atoms with van der Waals surface area (Å²) in [6.45, 7) is 4.18. The van der Waals surface area contributed by atoms with Crippen LogP contribution in [-0.4, -0.2) is 22.1 Å². The van der Waals surface area contributed by atoms with Gasteiger partial charge < -0.3 is 9.88 Å². The highest BCUT2D eigenvalue weighted by Crippen LogP contribution is 2.15. The molecule has 2 rings (SSSR count). The zero-order valence-corrected chi connectivity index (χ0v) is 12.5. The van der Waals surface area contributed by atoms with E-state index in [0.717, 1.165) is 16.9 Å². The van der Waals surface area contributed by atoms with E-state index in [9.17, 15) is 14.9 Å². The molecule has 1 heterocycles. The maximum absolute atomic E-state index is 11.7. The number of benzene rings is 1. The van der Waals surface area contributed by atoms with Crippen molar-refractivity contribution in [2.75, 3.05) is 6.54 Å². The van der Waals surface area contributed by atoms with Crippen LogP contribution in [0.25, 0.3) is 0 Å². The number of carbonyl (C=O) groups excluding carboxylic acids is 1. The van der Waals surface area contributed by atoms with Crippen molar-refractivity contribution in [1.29, 1.82) is 0 Å². The van der Waals surface area contributed by atoms with Crippen LogP contribution in [0.2, 0.25) is 0 Å². The van der Waals surface area contributed by atoms with Crippen LogP contribution in [0.1, 0.15) is 5.56 Å². The van der Waals surface area contributed by atoms with Gasteiger partial charge >= 0.3 is 11.0 Å². The standard InChI is InChI=1S/C14H14N4O3S/c1-2-8-15-13(19)16-14-17(10-12(22-14)18(20)21)9-11-6-4-3-5-7-11/h2-7,10H,1,8-9H2,(H,15,19). The molecule has 0 radical (unpaired) electrons. The van der Waals surface area contributed by atoms with E-state index < -0.39 is 11.0 Å². The highest BCUT2D eigenvalue weighted by atomic mass is 32.1. The Morgan fingerprint density at radius 3 is 2.82 bits per heavy atom. The highest BCUT2D eigenvalue weighted by molar-refractivity contribution is 7.12. The zero-order valence-electron chi connectivity index (χ0n) is 11.6. The average molecular weight is 318 g/mol. The first-order valence-electron chi connectivity index (χ1n) is 6.42. The molecule has 1 N–H and O–H groups in total. The summed E-state index contributed by atoms with van der Waals surface area (Å²) in [6.07, 6.45) is 2.92. The zero-order chi connectivity index (χ0) is 15.9. The van der Waals surface area contributed by atoms with Gasteiger partial charge in [0.15, 0.2) is 0 Å². The number of aromatic nitrogens is 1. The van der Waals surface area contributed by atoms with Crippen molar-refractivity contribution in [3.63, 3.8) is 0 Å². The molecule has 2 aromatic rings. The van der Waals surface area contributed by atoms with Crippen LogP contribution in [0, 0.1) is 10.1 Å². The predicted octanol–water partition coefficient (Wildman–Crippen LogP) is 2.30. The molecule has 0 unspecified atom stereocenters. The second-order valence-electron chi connectivity index (χ2n) is 4.31. The second-order valence-corrected chi connectivity index (χ2v) is 5.30. The van der Waals surface area contributed by atoms with Gasteiger partial charge in [-0.1, -0.05) is 36.4 Å². The molecule has 8 heteroatoms. The van der Waals surface area contributed by atoms with Crippen molar-refractivity contribution in [1.82, 2.24) is 9.88 Å². The van der Waals surface area contributed by atoms with Crippen LogP contribution >= 0.6 is 11.3 Å². The maximum atomic E-state index is 11.7. The van der Waals surface area contributed by atoms with E-state index in [-0.39, 0.29) is 16.3 Å². The number of nitrogens with zero attached hydrogens (tertiary/aromatic N) is 3. The lowest BCUT2D eigenvalue weighted by Crippen LogP contribution is -2.24. The Morgan fingerprint density at radius 2 is 2.18 bits per heavy atom. The van der Waals surface area contributed by atoms with Gasteiger partial charge in [0.2, 0.25) is 4.80 Å². The number of nitrogens with one attached hydrogen (secondary N) is 1. The summed E-state index contributed by atoms with van der Waals surface area (Å²) in [5.41, 5.74) is 0.961. The summed E-state index contributed by atoms with van der Waals surface area (Å²) in [5.74, 6) is 0. The van der Waals surface area contributed by atoms with E-state index in [0.29, 0.717) is 6.54 Å². The first kappa shape index (κ1) is 15.6. The van der Waals surface area contributed by atoms with Crippen LogP contribution in [0.3, 0.4) is 0 Å². The third-order valence-electron chi connectivity index (χ3n) is 2.68. The van der Waals surface area contributed by atoms with Crippen molar-refractivity contribution in [2.24, 2.45) is 4.99 Å². The van der Waals surface area contributed by atoms with Crippen LogP contribution in [0.4, 0.5) is 9.80 Å². The van der Waals surface area contributed by atoms with Gasteiger partial charge in [-0.25, -0.2) is 4.79 Å². The first-order chi connectivity index (χ1) is 10.6. The Kier molecular flexibility index (Phi) is 5.21. The number of hydrogen-bond acceptors (Lipinski definition) is 4. The van der Waals surface area contributed by atoms with Gasteiger partial charge in [0.05, 0.1) is 17.7 Å². The van der Waals surface area contributed by atoms with E-state index in [1.54, 1.807) is 4.57 Å². The van der Waals surface area contributed by atoms with Gasteiger partial charge in [0, 0.05) is 6.54 Å². The van der Waals surface area contributed by atoms with Crippen LogP contribution in [0.15, 0.2) is 54.2 Å². The van der Waals surface area contributed by atoms with Gasteiger partial charge in [-0.15, -0.1) is 6.58 Å². The van der Waals surface area contributed by atoms with Crippen LogP contribution < -0.4 is 10.1 Å². The molecule has 0 atom stereocenters. The topological polar surface area (TPSA) is 89.5 Å². The van der Waals surface area contributed by atoms with E-state index in [1.807, 2.05) is 30.3 Å². The SMILES string of the molecule is C=CCNC(=O)N=c1sc([N+](=O)[O-])cn1Cc1ccccc1. The summed E-state index contributed by atoms with van der Waals surface area (Å²) in [7, 11) is 0. The minimum atomic E-state index is -0.557. The molecular formula is C14H14N4O3S. The molecule has 0 spiro atoms. The number of amides is 2. The molecule has 7 nitrogen and oxygen atoms in total. The molecular weight excluding hydrogens is 304 g/mol. The Balaban J connectivity index is 2.34. The number of urea groups is 1. The lowest BCUT2D eigenvalue weighted by molar-refractivity contribution is -0.380. The average Bonchev–Trinajstić information content (AvgIpc) is 2.89. The molecule has 0 bridgehead atoms. The van der Waals surface area contributed by atoms with Crippen LogP contribution in [0.5, 0.6) is 0 Å². The number of thiazole rings is 1. The van der Waals surface area contributed by atoms with E-state index in [4.69, 9.17) is 0 Å². The maximum Gasteiger partial charge on any atom is 0.343 e. The fourth-order valence-electron chi connectivity index (χ4n) is 1.72. The first-order valence-corrected chi connectivity index (χ1v) is 7.24. The molecule has 0 saturated carbocycles.